The van der Waals surface area contributed by atoms with Crippen LogP contribution in [0.5, 0.6) is 11.8 Å². The Balaban J connectivity index is 0.000000249. The first kappa shape index (κ1) is 51.1. The summed E-state index contributed by atoms with van der Waals surface area (Å²) in [4.78, 5) is 50.4. The first-order chi connectivity index (χ1) is 29.7. The van der Waals surface area contributed by atoms with E-state index in [1.165, 1.54) is 39.1 Å². The van der Waals surface area contributed by atoms with Gasteiger partial charge in [-0.15, -0.1) is 0 Å². The van der Waals surface area contributed by atoms with E-state index < -0.39 is 67.7 Å². The molecule has 2 aliphatic carbocycles. The molecule has 27 heteroatoms. The summed E-state index contributed by atoms with van der Waals surface area (Å²) in [5, 5.41) is 27.6. The van der Waals surface area contributed by atoms with Crippen LogP contribution in [-0.4, -0.2) is 139 Å². The van der Waals surface area contributed by atoms with Crippen LogP contribution in [0.2, 0.25) is 0 Å². The van der Waals surface area contributed by atoms with Gasteiger partial charge in [0.2, 0.25) is 31.8 Å². The Bertz CT molecular complexity index is 2290. The van der Waals surface area contributed by atoms with Gasteiger partial charge in [-0.05, 0) is 56.6 Å². The number of carbonyl (C=O) groups is 4. The number of nitrogens with two attached hydrogens (primary N) is 1. The highest BCUT2D eigenvalue weighted by Crippen LogP contribution is 2.53. The summed E-state index contributed by atoms with van der Waals surface area (Å²) in [6.45, 7) is 5.49. The highest BCUT2D eigenvalue weighted by Gasteiger charge is 2.62. The summed E-state index contributed by atoms with van der Waals surface area (Å²) in [5.41, 5.74) is 5.01. The van der Waals surface area contributed by atoms with Crippen molar-refractivity contribution in [2.45, 2.75) is 42.3 Å². The van der Waals surface area contributed by atoms with E-state index in [0.717, 1.165) is 6.20 Å². The molecule has 1 amide bonds. The van der Waals surface area contributed by atoms with Crippen LogP contribution in [0, 0.1) is 35.5 Å². The average Bonchev–Trinajstić information content (AvgIpc) is 3.95. The highest BCUT2D eigenvalue weighted by molar-refractivity contribution is 7.89. The number of carboxylic acids is 3. The Labute approximate surface area is 363 Å². The smallest absolute Gasteiger partial charge is 0.481 e. The number of hydrogen-bond acceptors (Lipinski definition) is 14. The molecule has 2 aliphatic heterocycles. The lowest BCUT2D eigenvalue weighted by atomic mass is 10.2. The number of halogens is 5. The fraction of sp³-hybridized carbons (Fsp3) is 0.514. The van der Waals surface area contributed by atoms with Crippen molar-refractivity contribution in [3.63, 3.8) is 0 Å². The Hall–Kier alpha value is -5.51. The quantitative estimate of drug-likeness (QED) is 0.160. The number of nitrogens with one attached hydrogen (secondary N) is 1. The molecule has 2 unspecified atom stereocenters. The second-order valence-electron chi connectivity index (χ2n) is 15.7. The van der Waals surface area contributed by atoms with E-state index in [4.69, 9.17) is 40.1 Å². The number of hydrogen-bond donors (Lipinski definition) is 5. The van der Waals surface area contributed by atoms with Crippen molar-refractivity contribution in [2.75, 3.05) is 52.5 Å². The molecule has 0 spiro atoms. The number of piperidine rings is 2. The number of nitrogens with zero attached hydrogens (tertiary/aromatic N) is 4. The van der Waals surface area contributed by atoms with Gasteiger partial charge in [-0.2, -0.15) is 21.8 Å². The SMILES string of the molecule is CC(C)(C)OC(=O)NCC(=CF)COc1ccc(S(=O)(=O)N2C[C@@H]3C(C(=O)O)[C@@H]3C2)cn1.NC/C(=C/F)COc1ccc(S(=O)(=O)N2C[C@@H]3C(C(=O)O)[C@@H]3C2)cn1.O=C(O)C(F)(F)F. The number of rotatable bonds is 15. The lowest BCUT2D eigenvalue weighted by molar-refractivity contribution is -0.192. The number of pyridine rings is 2. The number of carbonyl (C=O) groups excluding carboxylic acids is 1. The molecule has 20 nitrogen and oxygen atoms in total. The number of fused-ring (bicyclic) bond motifs is 2. The minimum Gasteiger partial charge on any atom is -0.481 e. The maximum absolute atomic E-state index is 13.1. The van der Waals surface area contributed by atoms with E-state index >= 15 is 0 Å². The third kappa shape index (κ3) is 13.3. The van der Waals surface area contributed by atoms with Gasteiger partial charge in [0.1, 0.15) is 28.6 Å². The Morgan fingerprint density at radius 2 is 1.12 bits per heavy atom. The van der Waals surface area contributed by atoms with Gasteiger partial charge in [0.15, 0.2) is 0 Å². The van der Waals surface area contributed by atoms with Gasteiger partial charge in [-0.3, -0.25) is 9.59 Å². The summed E-state index contributed by atoms with van der Waals surface area (Å²) < 4.78 is 126. The van der Waals surface area contributed by atoms with Gasteiger partial charge in [0.25, 0.3) is 0 Å². The molecule has 2 aromatic rings. The van der Waals surface area contributed by atoms with Gasteiger partial charge in [-0.1, -0.05) is 0 Å². The number of alkyl carbamates (subject to hydrolysis) is 1. The molecule has 2 saturated carbocycles. The second-order valence-corrected chi connectivity index (χ2v) is 19.5. The lowest BCUT2D eigenvalue weighted by Crippen LogP contribution is -2.34. The molecule has 2 saturated heterocycles. The number of carboxylic acid groups (broad SMARTS) is 3. The van der Waals surface area contributed by atoms with Crippen LogP contribution in [0.1, 0.15) is 20.8 Å². The van der Waals surface area contributed by atoms with Crippen LogP contribution in [0.3, 0.4) is 0 Å². The van der Waals surface area contributed by atoms with Gasteiger partial charge >= 0.3 is 30.2 Å². The Morgan fingerprint density at radius 1 is 0.750 bits per heavy atom. The van der Waals surface area contributed by atoms with E-state index in [1.54, 1.807) is 20.8 Å². The first-order valence-electron chi connectivity index (χ1n) is 18.9. The average molecular weight is 957 g/mol. The van der Waals surface area contributed by atoms with Crippen molar-refractivity contribution in [1.82, 2.24) is 23.9 Å². The molecule has 0 aromatic carbocycles. The largest absolute Gasteiger partial charge is 0.490 e. The van der Waals surface area contributed by atoms with Crippen molar-refractivity contribution in [3.05, 3.63) is 60.5 Å². The fourth-order valence-electron chi connectivity index (χ4n) is 6.70. The summed E-state index contributed by atoms with van der Waals surface area (Å²) in [6.07, 6.45) is -2.80. The van der Waals surface area contributed by atoms with E-state index in [2.05, 4.69) is 15.3 Å². The van der Waals surface area contributed by atoms with Crippen LogP contribution in [0.25, 0.3) is 0 Å². The number of ether oxygens (including phenoxy) is 3. The highest BCUT2D eigenvalue weighted by atomic mass is 32.2. The summed E-state index contributed by atoms with van der Waals surface area (Å²) in [6, 6.07) is 5.42. The van der Waals surface area contributed by atoms with Gasteiger partial charge in [-0.25, -0.2) is 45.2 Å². The first-order valence-corrected chi connectivity index (χ1v) is 21.8. The molecular formula is C37H45F5N6O14S2. The summed E-state index contributed by atoms with van der Waals surface area (Å²) in [5.74, 6) is -5.66. The predicted octanol–water partition coefficient (Wildman–Crippen LogP) is 2.65. The Morgan fingerprint density at radius 3 is 1.41 bits per heavy atom. The van der Waals surface area contributed by atoms with Crippen molar-refractivity contribution in [3.8, 4) is 11.8 Å². The minimum absolute atomic E-state index is 0.00751. The Kier molecular flexibility index (Phi) is 16.4. The maximum atomic E-state index is 13.1. The number of aromatic nitrogens is 2. The van der Waals surface area contributed by atoms with Crippen LogP contribution in [-0.2, 0) is 39.2 Å². The molecule has 6 rings (SSSR count). The summed E-state index contributed by atoms with van der Waals surface area (Å²) >= 11 is 0. The molecule has 0 bridgehead atoms. The van der Waals surface area contributed by atoms with E-state index in [-0.39, 0.29) is 109 Å². The molecular weight excluding hydrogens is 912 g/mol. The number of aliphatic carboxylic acids is 3. The van der Waals surface area contributed by atoms with Crippen LogP contribution < -0.4 is 20.5 Å². The number of amides is 1. The molecule has 6 N–H and O–H groups in total. The van der Waals surface area contributed by atoms with Crippen molar-refractivity contribution in [1.29, 1.82) is 0 Å². The number of alkyl halides is 3. The second kappa shape index (κ2) is 20.5. The predicted molar refractivity (Wildman–Crippen MR) is 209 cm³/mol. The molecule has 4 aliphatic rings. The molecule has 6 atom stereocenters. The maximum Gasteiger partial charge on any atom is 0.490 e. The zero-order valence-corrected chi connectivity index (χ0v) is 35.8. The molecule has 2 aromatic heterocycles. The molecule has 354 valence electrons. The molecule has 4 heterocycles. The fourth-order valence-corrected chi connectivity index (χ4v) is 9.62. The zero-order chi connectivity index (χ0) is 47.9. The van der Waals surface area contributed by atoms with E-state index in [0.29, 0.717) is 12.7 Å². The molecule has 4 fully saturated rings. The van der Waals surface area contributed by atoms with Gasteiger partial charge in [0.05, 0.1) is 36.9 Å². The minimum atomic E-state index is -5.08. The lowest BCUT2D eigenvalue weighted by Gasteiger charge is -2.20. The zero-order valence-electron chi connectivity index (χ0n) is 34.1. The van der Waals surface area contributed by atoms with Crippen LogP contribution in [0.4, 0.5) is 26.7 Å². The van der Waals surface area contributed by atoms with Crippen LogP contribution in [0.15, 0.2) is 70.3 Å². The van der Waals surface area contributed by atoms with Crippen molar-refractivity contribution >= 4 is 44.0 Å². The van der Waals surface area contributed by atoms with Gasteiger partial charge < -0.3 is 40.6 Å². The molecule has 64 heavy (non-hydrogen) atoms. The number of sulfonamides is 2. The van der Waals surface area contributed by atoms with E-state index in [1.807, 2.05) is 0 Å². The third-order valence-electron chi connectivity index (χ3n) is 10.1. The van der Waals surface area contributed by atoms with Crippen molar-refractivity contribution in [2.24, 2.45) is 41.2 Å². The molecule has 0 radical (unpaired) electrons. The normalized spacial score (nSPS) is 23.2. The summed E-state index contributed by atoms with van der Waals surface area (Å²) in [7, 11) is -7.50. The van der Waals surface area contributed by atoms with Gasteiger partial charge in [0, 0.05) is 62.5 Å². The topological polar surface area (TPSA) is 295 Å². The third-order valence-corrected chi connectivity index (χ3v) is 13.7. The van der Waals surface area contributed by atoms with Crippen molar-refractivity contribution < 1.29 is 87.5 Å². The standard InChI is InChI=1S/C20H26FN3O7S.C15H18FN3O5S.C2HF3O2/c1-20(2,3)31-19(27)23-7-12(6-21)11-30-16-5-4-13(8-22-16)32(28,29)24-9-14-15(10-24)17(14)18(25)26;16-3-9(4-17)8-24-13-2-1-10(5-18-13)25(22,23)19-6-11-12(7-19)14(11)15(20)21;3-2(4,5)1(6)7/h4-6,8,14-15,17H,7,9-11H2,1-3H3,(H,23,27)(H,25,26);1-3,5,11-12,14H,4,6-8,17H2,(H,20,21);(H,6,7)/b;9-3-;/t14-,15+,17?;11-,12+,14?;. The monoisotopic (exact) mass is 956 g/mol. The van der Waals surface area contributed by atoms with Crippen LogP contribution >= 0.6 is 0 Å². The van der Waals surface area contributed by atoms with E-state index in [9.17, 15) is 53.2 Å².